The lowest BCUT2D eigenvalue weighted by Crippen LogP contribution is -2.34. The number of hydrogen-bond acceptors (Lipinski definition) is 5. The van der Waals surface area contributed by atoms with Crippen LogP contribution < -0.4 is 5.32 Å². The maximum atomic E-state index is 13.0. The first-order valence-electron chi connectivity index (χ1n) is 7.81. The first-order chi connectivity index (χ1) is 12.3. The third kappa shape index (κ3) is 4.20. The van der Waals surface area contributed by atoms with Crippen LogP contribution in [0.1, 0.15) is 13.8 Å². The number of aromatic nitrogens is 3. The monoisotopic (exact) mass is 372 g/mol. The summed E-state index contributed by atoms with van der Waals surface area (Å²) in [4.78, 5) is 17.6. The van der Waals surface area contributed by atoms with Crippen LogP contribution in [0.15, 0.2) is 53.4 Å². The molecule has 6 nitrogen and oxygen atoms in total. The minimum absolute atomic E-state index is 0.154. The van der Waals surface area contributed by atoms with E-state index in [1.807, 2.05) is 0 Å². The van der Waals surface area contributed by atoms with Crippen LogP contribution in [0.25, 0.3) is 11.4 Å². The Morgan fingerprint density at radius 3 is 2.46 bits per heavy atom. The highest BCUT2D eigenvalue weighted by Gasteiger charge is 2.30. The van der Waals surface area contributed by atoms with Crippen LogP contribution in [0.2, 0.25) is 0 Å². The molecule has 0 spiro atoms. The molecule has 26 heavy (non-hydrogen) atoms. The van der Waals surface area contributed by atoms with Crippen LogP contribution in [-0.2, 0) is 4.79 Å². The number of nitrogens with one attached hydrogen (secondary N) is 2. The predicted octanol–water partition coefficient (Wildman–Crippen LogP) is 3.83. The van der Waals surface area contributed by atoms with Gasteiger partial charge in [0.2, 0.25) is 11.9 Å². The second-order valence-corrected chi connectivity index (χ2v) is 7.77. The summed E-state index contributed by atoms with van der Waals surface area (Å²) in [5.41, 5.74) is 0.732. The molecule has 0 saturated carbocycles. The molecule has 0 fully saturated rings. The molecule has 3 N–H and O–H groups in total. The molecule has 3 rings (SSSR count). The smallest absolute Gasteiger partial charge is 0.249 e. The van der Waals surface area contributed by atoms with Gasteiger partial charge >= 0.3 is 0 Å². The van der Waals surface area contributed by atoms with E-state index in [2.05, 4.69) is 20.5 Å². The fraction of sp³-hybridized carbons (Fsp3) is 0.167. The molecule has 0 unspecified atom stereocenters. The number of halogens is 1. The SMILES string of the molecule is CC(C)(Sc1ccc(F)cc1)C(=O)Nc1n[nH]c(-c2ccc(O)cc2)n1. The highest BCUT2D eigenvalue weighted by molar-refractivity contribution is 8.01. The Morgan fingerprint density at radius 2 is 1.81 bits per heavy atom. The molecule has 8 heteroatoms. The molecule has 1 aromatic heterocycles. The Morgan fingerprint density at radius 1 is 1.15 bits per heavy atom. The zero-order valence-electron chi connectivity index (χ0n) is 14.2. The Balaban J connectivity index is 1.69. The number of rotatable bonds is 5. The molecule has 1 amide bonds. The number of hydrogen-bond donors (Lipinski definition) is 3. The summed E-state index contributed by atoms with van der Waals surface area (Å²) in [7, 11) is 0. The number of phenolic OH excluding ortho intramolecular Hbond substituents is 1. The van der Waals surface area contributed by atoms with Crippen LogP contribution in [0.5, 0.6) is 5.75 Å². The number of H-pyrrole nitrogens is 1. The average molecular weight is 372 g/mol. The Bertz CT molecular complexity index is 908. The molecule has 2 aromatic carbocycles. The Hall–Kier alpha value is -2.87. The van der Waals surface area contributed by atoms with Gasteiger partial charge in [-0.2, -0.15) is 4.98 Å². The van der Waals surface area contributed by atoms with Gasteiger partial charge in [0.25, 0.3) is 0 Å². The zero-order chi connectivity index (χ0) is 18.7. The topological polar surface area (TPSA) is 90.9 Å². The lowest BCUT2D eigenvalue weighted by atomic mass is 10.2. The number of thioether (sulfide) groups is 1. The van der Waals surface area contributed by atoms with Gasteiger partial charge in [0.1, 0.15) is 11.6 Å². The standard InChI is InChI=1S/C18H17FN4O2S/c1-18(2,26-14-9-5-12(19)6-10-14)16(25)21-17-20-15(22-23-17)11-3-7-13(24)8-4-11/h3-10,24H,1-2H3,(H2,20,21,22,23,25). The summed E-state index contributed by atoms with van der Waals surface area (Å²) in [5.74, 6) is 0.193. The van der Waals surface area contributed by atoms with E-state index in [1.54, 1.807) is 50.2 Å². The highest BCUT2D eigenvalue weighted by atomic mass is 32.2. The summed E-state index contributed by atoms with van der Waals surface area (Å²) in [5, 5.41) is 18.8. The number of phenols is 1. The van der Waals surface area contributed by atoms with Gasteiger partial charge in [-0.25, -0.2) is 4.39 Å². The van der Waals surface area contributed by atoms with Gasteiger partial charge in [-0.05, 0) is 62.4 Å². The summed E-state index contributed by atoms with van der Waals surface area (Å²) in [6.45, 7) is 3.54. The highest BCUT2D eigenvalue weighted by Crippen LogP contribution is 2.33. The van der Waals surface area contributed by atoms with Gasteiger partial charge in [-0.15, -0.1) is 16.9 Å². The molecule has 134 valence electrons. The number of benzene rings is 2. The van der Waals surface area contributed by atoms with Gasteiger partial charge in [0.15, 0.2) is 5.82 Å². The van der Waals surface area contributed by atoms with Crippen LogP contribution in [-0.4, -0.2) is 30.9 Å². The first kappa shape index (κ1) is 17.9. The van der Waals surface area contributed by atoms with Gasteiger partial charge < -0.3 is 5.11 Å². The molecule has 0 radical (unpaired) electrons. The second kappa shape index (κ2) is 7.17. The van der Waals surface area contributed by atoms with Crippen LogP contribution in [0.3, 0.4) is 0 Å². The molecule has 0 bridgehead atoms. The van der Waals surface area contributed by atoms with Gasteiger partial charge in [0.05, 0.1) is 4.75 Å². The molecule has 0 aliphatic heterocycles. The number of carbonyl (C=O) groups is 1. The van der Waals surface area contributed by atoms with Gasteiger partial charge in [0, 0.05) is 10.5 Å². The summed E-state index contributed by atoms with van der Waals surface area (Å²) in [6.07, 6.45) is 0. The van der Waals surface area contributed by atoms with Crippen molar-refractivity contribution >= 4 is 23.6 Å². The quantitative estimate of drug-likeness (QED) is 0.592. The number of anilines is 1. The van der Waals surface area contributed by atoms with Crippen molar-refractivity contribution < 1.29 is 14.3 Å². The lowest BCUT2D eigenvalue weighted by Gasteiger charge is -2.22. The first-order valence-corrected chi connectivity index (χ1v) is 8.63. The maximum Gasteiger partial charge on any atom is 0.249 e. The second-order valence-electron chi connectivity index (χ2n) is 6.07. The molecule has 1 heterocycles. The normalized spacial score (nSPS) is 11.3. The van der Waals surface area contributed by atoms with Crippen molar-refractivity contribution in [1.82, 2.24) is 15.2 Å². The third-order valence-corrected chi connectivity index (χ3v) is 4.79. The minimum Gasteiger partial charge on any atom is -0.508 e. The third-order valence-electron chi connectivity index (χ3n) is 3.58. The molecular formula is C18H17FN4O2S. The fourth-order valence-corrected chi connectivity index (χ4v) is 3.17. The number of nitrogens with zero attached hydrogens (tertiary/aromatic N) is 2. The van der Waals surface area contributed by atoms with E-state index in [-0.39, 0.29) is 23.4 Å². The van der Waals surface area contributed by atoms with E-state index in [0.717, 1.165) is 10.5 Å². The minimum atomic E-state index is -0.808. The molecule has 3 aromatic rings. The fourth-order valence-electron chi connectivity index (χ4n) is 2.16. The van der Waals surface area contributed by atoms with E-state index in [0.29, 0.717) is 5.82 Å². The van der Waals surface area contributed by atoms with E-state index in [4.69, 9.17) is 0 Å². The average Bonchev–Trinajstić information content (AvgIpc) is 3.06. The van der Waals surface area contributed by atoms with Crippen molar-refractivity contribution in [2.75, 3.05) is 5.32 Å². The number of carbonyl (C=O) groups excluding carboxylic acids is 1. The number of aromatic amines is 1. The molecule has 0 aliphatic carbocycles. The summed E-state index contributed by atoms with van der Waals surface area (Å²) >= 11 is 1.31. The van der Waals surface area contributed by atoms with E-state index >= 15 is 0 Å². The van der Waals surface area contributed by atoms with Crippen LogP contribution >= 0.6 is 11.8 Å². The number of amides is 1. The van der Waals surface area contributed by atoms with E-state index < -0.39 is 4.75 Å². The van der Waals surface area contributed by atoms with Crippen LogP contribution in [0, 0.1) is 5.82 Å². The largest absolute Gasteiger partial charge is 0.508 e. The van der Waals surface area contributed by atoms with E-state index in [1.165, 1.54) is 23.9 Å². The molecular weight excluding hydrogens is 355 g/mol. The Labute approximate surface area is 153 Å². The zero-order valence-corrected chi connectivity index (χ0v) is 15.0. The summed E-state index contributed by atoms with van der Waals surface area (Å²) < 4.78 is 12.2. The van der Waals surface area contributed by atoms with Crippen LogP contribution in [0.4, 0.5) is 10.3 Å². The Kier molecular flexibility index (Phi) is 4.94. The predicted molar refractivity (Wildman–Crippen MR) is 98.4 cm³/mol. The summed E-state index contributed by atoms with van der Waals surface area (Å²) in [6, 6.07) is 12.4. The van der Waals surface area contributed by atoms with Crippen molar-refractivity contribution in [2.45, 2.75) is 23.5 Å². The van der Waals surface area contributed by atoms with Crippen molar-refractivity contribution in [3.8, 4) is 17.1 Å². The lowest BCUT2D eigenvalue weighted by molar-refractivity contribution is -0.117. The van der Waals surface area contributed by atoms with E-state index in [9.17, 15) is 14.3 Å². The maximum absolute atomic E-state index is 13.0. The molecule has 0 aliphatic rings. The van der Waals surface area contributed by atoms with Crippen molar-refractivity contribution in [2.24, 2.45) is 0 Å². The molecule has 0 atom stereocenters. The molecule has 0 saturated heterocycles. The number of aromatic hydroxyl groups is 1. The van der Waals surface area contributed by atoms with Gasteiger partial charge in [-0.1, -0.05) is 0 Å². The van der Waals surface area contributed by atoms with Crippen molar-refractivity contribution in [1.29, 1.82) is 0 Å². The van der Waals surface area contributed by atoms with Gasteiger partial charge in [-0.3, -0.25) is 15.2 Å². The van der Waals surface area contributed by atoms with Crippen molar-refractivity contribution in [3.05, 3.63) is 54.3 Å². The van der Waals surface area contributed by atoms with Crippen molar-refractivity contribution in [3.63, 3.8) is 0 Å².